The number of aryl methyl sites for hydroxylation is 2. The summed E-state index contributed by atoms with van der Waals surface area (Å²) in [5, 5.41) is 2.91. The predicted octanol–water partition coefficient (Wildman–Crippen LogP) is 4.33. The van der Waals surface area contributed by atoms with E-state index in [0.29, 0.717) is 12.3 Å². The number of nitrogens with zero attached hydrogens (tertiary/aromatic N) is 1. The van der Waals surface area contributed by atoms with Gasteiger partial charge >= 0.3 is 0 Å². The van der Waals surface area contributed by atoms with Gasteiger partial charge in [0.05, 0.1) is 0 Å². The Kier molecular flexibility index (Phi) is 4.16. The molecule has 21 heavy (non-hydrogen) atoms. The molecular formula is C17H22N2O2. The third kappa shape index (κ3) is 4.18. The Balaban J connectivity index is 2.09. The highest BCUT2D eigenvalue weighted by Crippen LogP contribution is 2.25. The molecule has 1 aromatic heterocycles. The van der Waals surface area contributed by atoms with Crippen LogP contribution in [0.5, 0.6) is 0 Å². The number of rotatable bonds is 3. The number of nitrogens with one attached hydrogen (secondary N) is 1. The summed E-state index contributed by atoms with van der Waals surface area (Å²) >= 11 is 0. The predicted molar refractivity (Wildman–Crippen MR) is 84.1 cm³/mol. The maximum Gasteiger partial charge on any atom is 0.224 e. The van der Waals surface area contributed by atoms with E-state index >= 15 is 0 Å². The van der Waals surface area contributed by atoms with E-state index in [-0.39, 0.29) is 11.3 Å². The van der Waals surface area contributed by atoms with Gasteiger partial charge in [0.25, 0.3) is 0 Å². The summed E-state index contributed by atoms with van der Waals surface area (Å²) in [4.78, 5) is 16.3. The highest BCUT2D eigenvalue weighted by atomic mass is 16.4. The van der Waals surface area contributed by atoms with Crippen LogP contribution in [0.3, 0.4) is 0 Å². The van der Waals surface area contributed by atoms with Crippen molar-refractivity contribution in [3.63, 3.8) is 0 Å². The first-order valence-electron chi connectivity index (χ1n) is 7.09. The van der Waals surface area contributed by atoms with Crippen LogP contribution in [0, 0.1) is 19.3 Å². The zero-order chi connectivity index (χ0) is 15.6. The average molecular weight is 286 g/mol. The van der Waals surface area contributed by atoms with Gasteiger partial charge in [0.1, 0.15) is 11.5 Å². The van der Waals surface area contributed by atoms with Gasteiger partial charge in [0, 0.05) is 24.6 Å². The van der Waals surface area contributed by atoms with E-state index in [9.17, 15) is 4.79 Å². The Labute approximate surface area is 125 Å². The molecule has 2 rings (SSSR count). The molecule has 1 N–H and O–H groups in total. The van der Waals surface area contributed by atoms with Crippen LogP contribution >= 0.6 is 0 Å². The summed E-state index contributed by atoms with van der Waals surface area (Å²) in [6, 6.07) is 7.66. The summed E-state index contributed by atoms with van der Waals surface area (Å²) in [5.41, 5.74) is 2.61. The smallest absolute Gasteiger partial charge is 0.224 e. The molecular weight excluding hydrogens is 264 g/mol. The van der Waals surface area contributed by atoms with E-state index in [0.717, 1.165) is 22.7 Å². The molecule has 0 aliphatic heterocycles. The van der Waals surface area contributed by atoms with E-state index in [2.05, 4.69) is 10.3 Å². The number of anilines is 1. The van der Waals surface area contributed by atoms with Crippen LogP contribution in [0.1, 0.15) is 38.8 Å². The van der Waals surface area contributed by atoms with Crippen LogP contribution in [-0.4, -0.2) is 10.9 Å². The molecule has 0 aliphatic rings. The van der Waals surface area contributed by atoms with Gasteiger partial charge in [-0.3, -0.25) is 4.79 Å². The maximum absolute atomic E-state index is 11.9. The van der Waals surface area contributed by atoms with E-state index in [1.807, 2.05) is 58.9 Å². The fraction of sp³-hybridized carbons (Fsp3) is 0.412. The van der Waals surface area contributed by atoms with E-state index in [1.54, 1.807) is 0 Å². The average Bonchev–Trinajstić information content (AvgIpc) is 2.67. The molecule has 0 spiro atoms. The third-order valence-electron chi connectivity index (χ3n) is 3.04. The second-order valence-corrected chi connectivity index (χ2v) is 6.50. The van der Waals surface area contributed by atoms with Crippen LogP contribution in [0.25, 0.3) is 11.3 Å². The lowest BCUT2D eigenvalue weighted by Crippen LogP contribution is -2.19. The van der Waals surface area contributed by atoms with Gasteiger partial charge in [0.2, 0.25) is 5.91 Å². The van der Waals surface area contributed by atoms with Crippen LogP contribution in [0.15, 0.2) is 28.7 Å². The van der Waals surface area contributed by atoms with Crippen molar-refractivity contribution in [3.8, 4) is 11.3 Å². The lowest BCUT2D eigenvalue weighted by molar-refractivity contribution is -0.117. The molecule has 0 saturated carbocycles. The molecule has 0 radical (unpaired) electrons. The second kappa shape index (κ2) is 5.72. The van der Waals surface area contributed by atoms with E-state index in [1.165, 1.54) is 0 Å². The van der Waals surface area contributed by atoms with E-state index in [4.69, 9.17) is 4.42 Å². The van der Waals surface area contributed by atoms with Crippen molar-refractivity contribution in [1.82, 2.24) is 4.98 Å². The van der Waals surface area contributed by atoms with Gasteiger partial charge in [-0.2, -0.15) is 0 Å². The zero-order valence-electron chi connectivity index (χ0n) is 13.3. The summed E-state index contributed by atoms with van der Waals surface area (Å²) < 4.78 is 5.44. The van der Waals surface area contributed by atoms with Crippen LogP contribution < -0.4 is 5.32 Å². The van der Waals surface area contributed by atoms with Gasteiger partial charge in [-0.1, -0.05) is 32.9 Å². The molecule has 4 nitrogen and oxygen atoms in total. The highest BCUT2D eigenvalue weighted by molar-refractivity contribution is 5.91. The topological polar surface area (TPSA) is 55.1 Å². The van der Waals surface area contributed by atoms with Gasteiger partial charge in [-0.05, 0) is 24.5 Å². The van der Waals surface area contributed by atoms with Crippen molar-refractivity contribution < 1.29 is 9.21 Å². The largest absolute Gasteiger partial charge is 0.446 e. The summed E-state index contributed by atoms with van der Waals surface area (Å²) in [6.07, 6.45) is 0.496. The molecule has 112 valence electrons. The first-order chi connectivity index (χ1) is 9.74. The number of carbonyl (C=O) groups is 1. The molecule has 0 atom stereocenters. The molecule has 0 fully saturated rings. The quantitative estimate of drug-likeness (QED) is 0.913. The highest BCUT2D eigenvalue weighted by Gasteiger charge is 2.16. The minimum atomic E-state index is -0.0145. The minimum Gasteiger partial charge on any atom is -0.446 e. The van der Waals surface area contributed by atoms with Crippen molar-refractivity contribution >= 4 is 11.6 Å². The molecule has 4 heteroatoms. The number of amides is 1. The van der Waals surface area contributed by atoms with Crippen molar-refractivity contribution in [2.24, 2.45) is 5.41 Å². The van der Waals surface area contributed by atoms with Gasteiger partial charge in [-0.25, -0.2) is 4.98 Å². The standard InChI is InChI=1S/C17H22N2O2/c1-11-16(18-12(2)21-11)13-6-8-14(9-7-13)19-15(20)10-17(3,4)5/h6-9H,10H2,1-5H3,(H,19,20). The first-order valence-corrected chi connectivity index (χ1v) is 7.09. The first kappa shape index (κ1) is 15.3. The number of hydrogen-bond donors (Lipinski definition) is 1. The van der Waals surface area contributed by atoms with Gasteiger partial charge in [-0.15, -0.1) is 0 Å². The van der Waals surface area contributed by atoms with E-state index < -0.39 is 0 Å². The summed E-state index contributed by atoms with van der Waals surface area (Å²) in [5.74, 6) is 1.49. The molecule has 0 saturated heterocycles. The number of carbonyl (C=O) groups excluding carboxylic acids is 1. The molecule has 0 unspecified atom stereocenters. The Bertz CT molecular complexity index is 634. The van der Waals surface area contributed by atoms with Crippen molar-refractivity contribution in [1.29, 1.82) is 0 Å². The Morgan fingerprint density at radius 3 is 2.29 bits per heavy atom. The monoisotopic (exact) mass is 286 g/mol. The van der Waals surface area contributed by atoms with Crippen molar-refractivity contribution in [2.75, 3.05) is 5.32 Å². The minimum absolute atomic E-state index is 0.0145. The number of oxazole rings is 1. The lowest BCUT2D eigenvalue weighted by Gasteiger charge is -2.17. The Morgan fingerprint density at radius 2 is 1.81 bits per heavy atom. The molecule has 2 aromatic rings. The Morgan fingerprint density at radius 1 is 1.19 bits per heavy atom. The number of benzene rings is 1. The summed E-state index contributed by atoms with van der Waals surface area (Å²) in [7, 11) is 0. The summed E-state index contributed by atoms with van der Waals surface area (Å²) in [6.45, 7) is 9.87. The molecule has 0 bridgehead atoms. The van der Waals surface area contributed by atoms with Crippen LogP contribution in [-0.2, 0) is 4.79 Å². The fourth-order valence-electron chi connectivity index (χ4n) is 2.19. The van der Waals surface area contributed by atoms with Crippen LogP contribution in [0.4, 0.5) is 5.69 Å². The Hall–Kier alpha value is -2.10. The molecule has 1 aromatic carbocycles. The molecule has 0 aliphatic carbocycles. The molecule has 1 amide bonds. The maximum atomic E-state index is 11.9. The van der Waals surface area contributed by atoms with Crippen molar-refractivity contribution in [3.05, 3.63) is 35.9 Å². The lowest BCUT2D eigenvalue weighted by atomic mass is 9.92. The molecule has 1 heterocycles. The third-order valence-corrected chi connectivity index (χ3v) is 3.04. The number of aromatic nitrogens is 1. The van der Waals surface area contributed by atoms with Gasteiger partial charge in [0.15, 0.2) is 5.89 Å². The second-order valence-electron chi connectivity index (χ2n) is 6.50. The van der Waals surface area contributed by atoms with Crippen molar-refractivity contribution in [2.45, 2.75) is 41.0 Å². The normalized spacial score (nSPS) is 11.5. The van der Waals surface area contributed by atoms with Crippen LogP contribution in [0.2, 0.25) is 0 Å². The fourth-order valence-corrected chi connectivity index (χ4v) is 2.19. The zero-order valence-corrected chi connectivity index (χ0v) is 13.3. The number of hydrogen-bond acceptors (Lipinski definition) is 3. The SMILES string of the molecule is Cc1nc(-c2ccc(NC(=O)CC(C)(C)C)cc2)c(C)o1. The van der Waals surface area contributed by atoms with Gasteiger partial charge < -0.3 is 9.73 Å².